The second kappa shape index (κ2) is 6.24. The van der Waals surface area contributed by atoms with Gasteiger partial charge >= 0.3 is 5.97 Å². The van der Waals surface area contributed by atoms with Crippen molar-refractivity contribution in [1.29, 1.82) is 0 Å². The van der Waals surface area contributed by atoms with Crippen molar-refractivity contribution >= 4 is 5.97 Å². The summed E-state index contributed by atoms with van der Waals surface area (Å²) in [6.07, 6.45) is -0.634. The average molecular weight is 279 g/mol. The van der Waals surface area contributed by atoms with Gasteiger partial charge in [0.05, 0.1) is 19.1 Å². The van der Waals surface area contributed by atoms with E-state index in [4.69, 9.17) is 9.84 Å². The summed E-state index contributed by atoms with van der Waals surface area (Å²) >= 11 is 0. The molecular weight excluding hydrogens is 258 g/mol. The van der Waals surface area contributed by atoms with Crippen molar-refractivity contribution in [3.63, 3.8) is 0 Å². The molecule has 1 fully saturated rings. The van der Waals surface area contributed by atoms with Gasteiger partial charge in [0, 0.05) is 19.6 Å². The molecule has 20 heavy (non-hydrogen) atoms. The lowest BCUT2D eigenvalue weighted by atomic mass is 9.99. The maximum atomic E-state index is 11.1. The van der Waals surface area contributed by atoms with Crippen molar-refractivity contribution in [2.24, 2.45) is 11.8 Å². The lowest BCUT2D eigenvalue weighted by molar-refractivity contribution is -0.142. The molecule has 0 amide bonds. The zero-order valence-electron chi connectivity index (χ0n) is 11.8. The van der Waals surface area contributed by atoms with E-state index in [1.807, 2.05) is 30.0 Å². The Hall–Kier alpha value is -1.59. The Kier molecular flexibility index (Phi) is 4.62. The number of aliphatic carboxylic acids is 1. The van der Waals surface area contributed by atoms with Gasteiger partial charge in [-0.3, -0.25) is 9.69 Å². The molecular formula is C15H21NO4. The Bertz CT molecular complexity index is 477. The van der Waals surface area contributed by atoms with E-state index in [1.54, 1.807) is 13.2 Å². The van der Waals surface area contributed by atoms with Gasteiger partial charge in [0.25, 0.3) is 0 Å². The monoisotopic (exact) mass is 279 g/mol. The highest BCUT2D eigenvalue weighted by atomic mass is 16.5. The van der Waals surface area contributed by atoms with Gasteiger partial charge in [-0.1, -0.05) is 19.1 Å². The average Bonchev–Trinajstić information content (AvgIpc) is 2.79. The van der Waals surface area contributed by atoms with E-state index in [0.29, 0.717) is 25.4 Å². The van der Waals surface area contributed by atoms with E-state index in [9.17, 15) is 9.90 Å². The number of methoxy groups -OCH3 is 1. The van der Waals surface area contributed by atoms with E-state index < -0.39 is 12.1 Å². The molecule has 0 spiro atoms. The minimum Gasteiger partial charge on any atom is -0.497 e. The first-order chi connectivity index (χ1) is 9.51. The zero-order chi connectivity index (χ0) is 14.7. The lowest BCUT2D eigenvalue weighted by Crippen LogP contribution is -2.27. The predicted molar refractivity (Wildman–Crippen MR) is 74.7 cm³/mol. The van der Waals surface area contributed by atoms with Crippen molar-refractivity contribution in [2.45, 2.75) is 13.0 Å². The molecule has 2 N–H and O–H groups in total. The van der Waals surface area contributed by atoms with Crippen LogP contribution in [0.15, 0.2) is 24.3 Å². The minimum atomic E-state index is -0.754. The third kappa shape index (κ3) is 3.29. The molecule has 0 bridgehead atoms. The molecule has 5 nitrogen and oxygen atoms in total. The molecule has 2 rings (SSSR count). The van der Waals surface area contributed by atoms with Crippen molar-refractivity contribution < 1.29 is 19.7 Å². The third-order valence-electron chi connectivity index (χ3n) is 3.91. The second-order valence-corrected chi connectivity index (χ2v) is 5.43. The summed E-state index contributed by atoms with van der Waals surface area (Å²) in [5.41, 5.74) is 0.788. The molecule has 0 saturated carbocycles. The summed E-state index contributed by atoms with van der Waals surface area (Å²) in [7, 11) is 1.59. The maximum absolute atomic E-state index is 11.1. The second-order valence-electron chi connectivity index (χ2n) is 5.43. The van der Waals surface area contributed by atoms with Crippen molar-refractivity contribution in [3.8, 4) is 5.75 Å². The molecule has 5 heteroatoms. The summed E-state index contributed by atoms with van der Waals surface area (Å²) in [6.45, 7) is 3.59. The van der Waals surface area contributed by atoms with Gasteiger partial charge in [-0.25, -0.2) is 0 Å². The molecule has 0 radical (unpaired) electrons. The van der Waals surface area contributed by atoms with Crippen LogP contribution >= 0.6 is 0 Å². The summed E-state index contributed by atoms with van der Waals surface area (Å²) < 4.78 is 5.14. The molecule has 1 unspecified atom stereocenters. The van der Waals surface area contributed by atoms with Gasteiger partial charge in [0.1, 0.15) is 5.75 Å². The maximum Gasteiger partial charge on any atom is 0.308 e. The number of ether oxygens (including phenoxy) is 1. The molecule has 1 heterocycles. The van der Waals surface area contributed by atoms with Crippen LogP contribution in [0.2, 0.25) is 0 Å². The first-order valence-electron chi connectivity index (χ1n) is 6.78. The fraction of sp³-hybridized carbons (Fsp3) is 0.533. The topological polar surface area (TPSA) is 70.0 Å². The molecule has 3 atom stereocenters. The summed E-state index contributed by atoms with van der Waals surface area (Å²) in [5.74, 6) is -0.270. The molecule has 110 valence electrons. The number of carbonyl (C=O) groups is 1. The van der Waals surface area contributed by atoms with E-state index >= 15 is 0 Å². The number of benzene rings is 1. The van der Waals surface area contributed by atoms with E-state index in [2.05, 4.69) is 0 Å². The number of hydrogen-bond acceptors (Lipinski definition) is 4. The summed E-state index contributed by atoms with van der Waals surface area (Å²) in [6, 6.07) is 7.32. The Morgan fingerprint density at radius 2 is 2.25 bits per heavy atom. The standard InChI is InChI=1S/C15H21NO4/c1-10-7-16(8-13(10)15(18)19)9-14(17)11-4-3-5-12(6-11)20-2/h3-6,10,13-14,17H,7-9H2,1-2H3,(H,18,19)/t10-,13-,14?/m1/s1. The van der Waals surface area contributed by atoms with Crippen LogP contribution in [0.25, 0.3) is 0 Å². The van der Waals surface area contributed by atoms with E-state index in [0.717, 1.165) is 5.56 Å². The Balaban J connectivity index is 1.98. The van der Waals surface area contributed by atoms with Gasteiger partial charge in [-0.05, 0) is 23.6 Å². The van der Waals surface area contributed by atoms with Gasteiger partial charge < -0.3 is 14.9 Å². The third-order valence-corrected chi connectivity index (χ3v) is 3.91. The van der Waals surface area contributed by atoms with Crippen molar-refractivity contribution in [3.05, 3.63) is 29.8 Å². The van der Waals surface area contributed by atoms with Crippen LogP contribution in [0.5, 0.6) is 5.75 Å². The molecule has 0 aliphatic carbocycles. The van der Waals surface area contributed by atoms with Crippen LogP contribution < -0.4 is 4.74 Å². The van der Waals surface area contributed by atoms with Crippen LogP contribution in [0.4, 0.5) is 0 Å². The first-order valence-corrected chi connectivity index (χ1v) is 6.78. The molecule has 1 aliphatic rings. The van der Waals surface area contributed by atoms with E-state index in [1.165, 1.54) is 0 Å². The number of nitrogens with zero attached hydrogens (tertiary/aromatic N) is 1. The highest BCUT2D eigenvalue weighted by Gasteiger charge is 2.35. The van der Waals surface area contributed by atoms with Crippen LogP contribution in [0.3, 0.4) is 0 Å². The van der Waals surface area contributed by atoms with Crippen LogP contribution in [-0.4, -0.2) is 47.8 Å². The van der Waals surface area contributed by atoms with Crippen molar-refractivity contribution in [1.82, 2.24) is 4.90 Å². The molecule has 1 aliphatic heterocycles. The number of carboxylic acid groups (broad SMARTS) is 1. The number of aliphatic hydroxyl groups excluding tert-OH is 1. The van der Waals surface area contributed by atoms with E-state index in [-0.39, 0.29) is 11.8 Å². The molecule has 1 aromatic carbocycles. The van der Waals surface area contributed by atoms with Gasteiger partial charge in [0.15, 0.2) is 0 Å². The number of hydrogen-bond donors (Lipinski definition) is 2. The van der Waals surface area contributed by atoms with Gasteiger partial charge in [-0.15, -0.1) is 0 Å². The largest absolute Gasteiger partial charge is 0.497 e. The SMILES string of the molecule is COc1cccc(C(O)CN2C[C@@H](C)[C@H](C(=O)O)C2)c1. The number of rotatable bonds is 5. The minimum absolute atomic E-state index is 0.116. The molecule has 0 aromatic heterocycles. The number of aliphatic hydroxyl groups is 1. The highest BCUT2D eigenvalue weighted by Crippen LogP contribution is 2.26. The van der Waals surface area contributed by atoms with Crippen LogP contribution in [-0.2, 0) is 4.79 Å². The van der Waals surface area contributed by atoms with Crippen LogP contribution in [0, 0.1) is 11.8 Å². The molecule has 1 aromatic rings. The quantitative estimate of drug-likeness (QED) is 0.852. The fourth-order valence-corrected chi connectivity index (χ4v) is 2.74. The van der Waals surface area contributed by atoms with Crippen LogP contribution in [0.1, 0.15) is 18.6 Å². The van der Waals surface area contributed by atoms with Gasteiger partial charge in [0.2, 0.25) is 0 Å². The normalized spacial score (nSPS) is 24.6. The number of carboxylic acids is 1. The smallest absolute Gasteiger partial charge is 0.308 e. The summed E-state index contributed by atoms with van der Waals surface area (Å²) in [4.78, 5) is 13.1. The zero-order valence-corrected chi connectivity index (χ0v) is 11.8. The fourth-order valence-electron chi connectivity index (χ4n) is 2.74. The predicted octanol–water partition coefficient (Wildman–Crippen LogP) is 1.38. The Labute approximate surface area is 118 Å². The van der Waals surface area contributed by atoms with Gasteiger partial charge in [-0.2, -0.15) is 0 Å². The van der Waals surface area contributed by atoms with Crippen molar-refractivity contribution in [2.75, 3.05) is 26.7 Å². The summed E-state index contributed by atoms with van der Waals surface area (Å²) in [5, 5.41) is 19.4. The highest BCUT2D eigenvalue weighted by molar-refractivity contribution is 5.71. The number of β-amino-alcohol motifs (C(OH)–C–C–N with tert-alkyl or cyclic N) is 1. The molecule has 1 saturated heterocycles. The first kappa shape index (κ1) is 14.8. The Morgan fingerprint density at radius 3 is 2.85 bits per heavy atom. The number of likely N-dealkylation sites (tertiary alicyclic amines) is 1. The lowest BCUT2D eigenvalue weighted by Gasteiger charge is -2.20. The Morgan fingerprint density at radius 1 is 1.50 bits per heavy atom.